The zero-order chi connectivity index (χ0) is 35.1. The third kappa shape index (κ3) is 4.99. The van der Waals surface area contributed by atoms with Gasteiger partial charge in [-0.1, -0.05) is 77.9 Å². The van der Waals surface area contributed by atoms with E-state index >= 15 is 0 Å². The highest BCUT2D eigenvalue weighted by Crippen LogP contribution is 2.47. The van der Waals surface area contributed by atoms with Gasteiger partial charge in [-0.05, 0) is 140 Å². The van der Waals surface area contributed by atoms with Crippen molar-refractivity contribution >= 4 is 43.9 Å². The van der Waals surface area contributed by atoms with Crippen LogP contribution in [0.1, 0.15) is 38.9 Å². The number of benzene rings is 6. The molecule has 3 nitrogen and oxygen atoms in total. The van der Waals surface area contributed by atoms with E-state index in [-0.39, 0.29) is 0 Å². The summed E-state index contributed by atoms with van der Waals surface area (Å²) in [4.78, 5) is 4.87. The van der Waals surface area contributed by atoms with E-state index in [1.54, 1.807) is 0 Å². The smallest absolute Gasteiger partial charge is 0.144 e. The van der Waals surface area contributed by atoms with Gasteiger partial charge in [0.15, 0.2) is 0 Å². The predicted molar refractivity (Wildman–Crippen MR) is 214 cm³/mol. The minimum Gasteiger partial charge on any atom is -0.456 e. The maximum atomic E-state index is 7.00. The first-order valence-electron chi connectivity index (χ1n) is 17.7. The number of hydrogen-bond donors (Lipinski definition) is 0. The Morgan fingerprint density at radius 3 is 1.61 bits per heavy atom. The van der Waals surface area contributed by atoms with Crippen LogP contribution in [0.25, 0.3) is 88.5 Å². The minimum atomic E-state index is 0.844. The maximum Gasteiger partial charge on any atom is 0.144 e. The van der Waals surface area contributed by atoms with E-state index in [0.29, 0.717) is 0 Å². The summed E-state index contributed by atoms with van der Waals surface area (Å²) in [5.41, 5.74) is 21.1. The van der Waals surface area contributed by atoms with E-state index in [2.05, 4.69) is 146 Å². The molecule has 3 heterocycles. The molecule has 0 aliphatic carbocycles. The van der Waals surface area contributed by atoms with Gasteiger partial charge in [-0.25, -0.2) is 0 Å². The summed E-state index contributed by atoms with van der Waals surface area (Å²) in [6.45, 7) is 15.2. The lowest BCUT2D eigenvalue weighted by atomic mass is 9.91. The standard InChI is InChI=1S/C48H39NO2/c1-26-17-28(3)44(29(4)18-26)34-13-15-36-39-24-43-46(37-16-14-35(22-42(37)50-43)45-30(5)19-27(2)20-31(45)6)47(48(39)51-41(36)21-34)38-23-40(49-25-32(38)7)33-11-9-8-10-12-33/h8-25H,1-7H3. The van der Waals surface area contributed by atoms with Crippen LogP contribution in [0.5, 0.6) is 0 Å². The summed E-state index contributed by atoms with van der Waals surface area (Å²) >= 11 is 0. The molecule has 0 N–H and O–H groups in total. The van der Waals surface area contributed by atoms with E-state index < -0.39 is 0 Å². The molecule has 248 valence electrons. The Morgan fingerprint density at radius 2 is 1.00 bits per heavy atom. The molecule has 0 radical (unpaired) electrons. The lowest BCUT2D eigenvalue weighted by molar-refractivity contribution is 0.665. The third-order valence-electron chi connectivity index (χ3n) is 10.6. The summed E-state index contributed by atoms with van der Waals surface area (Å²) in [6, 6.07) is 37.1. The van der Waals surface area contributed by atoms with E-state index in [0.717, 1.165) is 83.0 Å². The molecule has 0 amide bonds. The number of aryl methyl sites for hydroxylation is 7. The van der Waals surface area contributed by atoms with Crippen molar-refractivity contribution in [1.29, 1.82) is 0 Å². The quantitative estimate of drug-likeness (QED) is 0.188. The fourth-order valence-electron chi connectivity index (χ4n) is 8.56. The van der Waals surface area contributed by atoms with Gasteiger partial charge in [-0.15, -0.1) is 0 Å². The van der Waals surface area contributed by atoms with Crippen LogP contribution >= 0.6 is 0 Å². The minimum absolute atomic E-state index is 0.844. The van der Waals surface area contributed by atoms with Crippen molar-refractivity contribution in [2.75, 3.05) is 0 Å². The number of furan rings is 2. The van der Waals surface area contributed by atoms with Crippen LogP contribution in [0.2, 0.25) is 0 Å². The van der Waals surface area contributed by atoms with Crippen LogP contribution in [-0.4, -0.2) is 4.98 Å². The first-order chi connectivity index (χ1) is 24.6. The van der Waals surface area contributed by atoms with E-state index in [9.17, 15) is 0 Å². The summed E-state index contributed by atoms with van der Waals surface area (Å²) in [7, 11) is 0. The highest BCUT2D eigenvalue weighted by atomic mass is 16.3. The second-order valence-corrected chi connectivity index (χ2v) is 14.4. The second kappa shape index (κ2) is 11.6. The molecule has 0 aliphatic heterocycles. The average molecular weight is 662 g/mol. The predicted octanol–water partition coefficient (Wildman–Crippen LogP) is 13.7. The molecular formula is C48H39NO2. The second-order valence-electron chi connectivity index (χ2n) is 14.4. The molecule has 3 heteroatoms. The maximum absolute atomic E-state index is 7.00. The summed E-state index contributed by atoms with van der Waals surface area (Å²) in [5, 5.41) is 4.23. The molecule has 0 saturated heterocycles. The molecule has 0 unspecified atom stereocenters. The van der Waals surface area contributed by atoms with Crippen LogP contribution in [0.15, 0.2) is 118 Å². The van der Waals surface area contributed by atoms with E-state index in [1.807, 2.05) is 12.3 Å². The first-order valence-corrected chi connectivity index (χ1v) is 17.7. The van der Waals surface area contributed by atoms with Crippen molar-refractivity contribution in [3.63, 3.8) is 0 Å². The summed E-state index contributed by atoms with van der Waals surface area (Å²) < 4.78 is 13.8. The molecule has 51 heavy (non-hydrogen) atoms. The Morgan fingerprint density at radius 1 is 0.431 bits per heavy atom. The molecule has 0 fully saturated rings. The van der Waals surface area contributed by atoms with Gasteiger partial charge in [0.1, 0.15) is 22.3 Å². The molecule has 6 aromatic carbocycles. The molecular weight excluding hydrogens is 623 g/mol. The summed E-state index contributed by atoms with van der Waals surface area (Å²) in [5.74, 6) is 0. The van der Waals surface area contributed by atoms with Crippen LogP contribution in [0.4, 0.5) is 0 Å². The highest BCUT2D eigenvalue weighted by molar-refractivity contribution is 6.24. The molecule has 9 rings (SSSR count). The van der Waals surface area contributed by atoms with Crippen molar-refractivity contribution in [2.45, 2.75) is 48.5 Å². The van der Waals surface area contributed by atoms with Crippen LogP contribution in [-0.2, 0) is 0 Å². The van der Waals surface area contributed by atoms with Gasteiger partial charge in [0.25, 0.3) is 0 Å². The van der Waals surface area contributed by atoms with Gasteiger partial charge >= 0.3 is 0 Å². The lowest BCUT2D eigenvalue weighted by Crippen LogP contribution is -1.91. The van der Waals surface area contributed by atoms with Crippen molar-refractivity contribution < 1.29 is 8.83 Å². The Hall–Kier alpha value is -5.93. The Balaban J connectivity index is 1.35. The van der Waals surface area contributed by atoms with Gasteiger partial charge in [0, 0.05) is 38.9 Å². The monoisotopic (exact) mass is 661 g/mol. The zero-order valence-corrected chi connectivity index (χ0v) is 30.2. The molecule has 0 aliphatic rings. The average Bonchev–Trinajstić information content (AvgIpc) is 3.64. The van der Waals surface area contributed by atoms with Gasteiger partial charge in [-0.3, -0.25) is 4.98 Å². The lowest BCUT2D eigenvalue weighted by Gasteiger charge is -2.12. The molecule has 0 atom stereocenters. The van der Waals surface area contributed by atoms with Crippen molar-refractivity contribution in [3.05, 3.63) is 148 Å². The van der Waals surface area contributed by atoms with Gasteiger partial charge < -0.3 is 8.83 Å². The molecule has 0 saturated carbocycles. The Bertz CT molecular complexity index is 2760. The Labute approximate surface area is 298 Å². The highest BCUT2D eigenvalue weighted by Gasteiger charge is 2.24. The fourth-order valence-corrected chi connectivity index (χ4v) is 8.56. The molecule has 0 spiro atoms. The number of aromatic nitrogens is 1. The van der Waals surface area contributed by atoms with Crippen molar-refractivity contribution in [1.82, 2.24) is 4.98 Å². The van der Waals surface area contributed by atoms with Crippen LogP contribution < -0.4 is 0 Å². The number of nitrogens with zero attached hydrogens (tertiary/aromatic N) is 1. The van der Waals surface area contributed by atoms with Gasteiger partial charge in [-0.2, -0.15) is 0 Å². The summed E-state index contributed by atoms with van der Waals surface area (Å²) in [6.07, 6.45) is 1.98. The Kier molecular flexibility index (Phi) is 7.05. The van der Waals surface area contributed by atoms with Crippen molar-refractivity contribution in [3.8, 4) is 44.6 Å². The van der Waals surface area contributed by atoms with E-state index in [1.165, 1.54) is 44.5 Å². The molecule has 9 aromatic rings. The van der Waals surface area contributed by atoms with Gasteiger partial charge in [0.2, 0.25) is 0 Å². The molecule has 3 aromatic heterocycles. The van der Waals surface area contributed by atoms with Crippen LogP contribution in [0, 0.1) is 48.5 Å². The van der Waals surface area contributed by atoms with Crippen LogP contribution in [0.3, 0.4) is 0 Å². The van der Waals surface area contributed by atoms with E-state index in [4.69, 9.17) is 13.8 Å². The van der Waals surface area contributed by atoms with Gasteiger partial charge in [0.05, 0.1) is 5.69 Å². The third-order valence-corrected chi connectivity index (χ3v) is 10.6. The first kappa shape index (κ1) is 31.1. The number of pyridine rings is 1. The topological polar surface area (TPSA) is 39.2 Å². The fraction of sp³-hybridized carbons (Fsp3) is 0.146. The number of rotatable bonds is 4. The normalized spacial score (nSPS) is 11.8. The zero-order valence-electron chi connectivity index (χ0n) is 30.2. The number of hydrogen-bond acceptors (Lipinski definition) is 3. The molecule has 0 bridgehead atoms. The van der Waals surface area contributed by atoms with Crippen molar-refractivity contribution in [2.24, 2.45) is 0 Å². The largest absolute Gasteiger partial charge is 0.456 e. The number of fused-ring (bicyclic) bond motifs is 6. The SMILES string of the molecule is Cc1cc(C)c(-c2ccc3c(c2)oc2c(-c4cc(-c5ccccc5)ncc4C)c4c(cc23)oc2cc(-c3c(C)cc(C)cc3C)ccc24)c(C)c1.